The maximum atomic E-state index is 10.6. The van der Waals surface area contributed by atoms with Gasteiger partial charge in [-0.15, -0.1) is 0 Å². The van der Waals surface area contributed by atoms with E-state index in [4.69, 9.17) is 0 Å². The molecule has 0 bridgehead atoms. The smallest absolute Gasteiger partial charge is 0.0919 e. The Hall–Kier alpha value is -0.340. The average Bonchev–Trinajstić information content (AvgIpc) is 2.27. The standard InChI is InChI=1S/C13H19BrO/c1-4-10(3)13(15,5-2)11-6-8-12(14)9-7-11/h6-10,15H,4-5H2,1-3H3. The van der Waals surface area contributed by atoms with Gasteiger partial charge >= 0.3 is 0 Å². The lowest BCUT2D eigenvalue weighted by molar-refractivity contribution is -0.0224. The summed E-state index contributed by atoms with van der Waals surface area (Å²) in [4.78, 5) is 0. The molecule has 0 aliphatic heterocycles. The van der Waals surface area contributed by atoms with Crippen LogP contribution in [0.1, 0.15) is 39.2 Å². The second kappa shape index (κ2) is 5.13. The molecule has 0 aliphatic carbocycles. The summed E-state index contributed by atoms with van der Waals surface area (Å²) >= 11 is 3.41. The molecule has 0 radical (unpaired) electrons. The van der Waals surface area contributed by atoms with Crippen molar-refractivity contribution in [1.29, 1.82) is 0 Å². The maximum absolute atomic E-state index is 10.6. The van der Waals surface area contributed by atoms with E-state index in [1.54, 1.807) is 0 Å². The summed E-state index contributed by atoms with van der Waals surface area (Å²) < 4.78 is 1.05. The summed E-state index contributed by atoms with van der Waals surface area (Å²) in [6, 6.07) is 7.97. The van der Waals surface area contributed by atoms with Gasteiger partial charge in [0.05, 0.1) is 5.60 Å². The topological polar surface area (TPSA) is 20.2 Å². The molecule has 15 heavy (non-hydrogen) atoms. The van der Waals surface area contributed by atoms with E-state index in [2.05, 4.69) is 29.8 Å². The molecule has 0 amide bonds. The molecule has 1 rings (SSSR count). The quantitative estimate of drug-likeness (QED) is 0.874. The van der Waals surface area contributed by atoms with Crippen LogP contribution in [0.5, 0.6) is 0 Å². The first-order valence-corrected chi connectivity index (χ1v) is 6.32. The Morgan fingerprint density at radius 3 is 2.20 bits per heavy atom. The van der Waals surface area contributed by atoms with Gasteiger partial charge in [-0.2, -0.15) is 0 Å². The fraction of sp³-hybridized carbons (Fsp3) is 0.538. The van der Waals surface area contributed by atoms with Gasteiger partial charge in [-0.05, 0) is 30.0 Å². The van der Waals surface area contributed by atoms with E-state index in [0.29, 0.717) is 0 Å². The highest BCUT2D eigenvalue weighted by atomic mass is 79.9. The minimum Gasteiger partial charge on any atom is -0.385 e. The average molecular weight is 271 g/mol. The molecule has 0 saturated heterocycles. The number of aliphatic hydroxyl groups is 1. The van der Waals surface area contributed by atoms with Crippen molar-refractivity contribution in [3.63, 3.8) is 0 Å². The van der Waals surface area contributed by atoms with Crippen LogP contribution in [-0.2, 0) is 5.60 Å². The van der Waals surface area contributed by atoms with E-state index in [0.717, 1.165) is 22.9 Å². The number of benzene rings is 1. The lowest BCUT2D eigenvalue weighted by Crippen LogP contribution is -2.32. The summed E-state index contributed by atoms with van der Waals surface area (Å²) in [5.74, 6) is 0.281. The largest absolute Gasteiger partial charge is 0.385 e. The van der Waals surface area contributed by atoms with Crippen LogP contribution in [-0.4, -0.2) is 5.11 Å². The summed E-state index contributed by atoms with van der Waals surface area (Å²) in [6.07, 6.45) is 1.74. The minimum atomic E-state index is -0.685. The van der Waals surface area contributed by atoms with Crippen molar-refractivity contribution in [2.24, 2.45) is 5.92 Å². The van der Waals surface area contributed by atoms with E-state index in [9.17, 15) is 5.11 Å². The molecular weight excluding hydrogens is 252 g/mol. The van der Waals surface area contributed by atoms with Crippen molar-refractivity contribution in [3.8, 4) is 0 Å². The van der Waals surface area contributed by atoms with Crippen LogP contribution in [0.3, 0.4) is 0 Å². The molecule has 0 spiro atoms. The van der Waals surface area contributed by atoms with Crippen LogP contribution in [0.2, 0.25) is 0 Å². The third-order valence-corrected chi connectivity index (χ3v) is 3.84. The zero-order valence-electron chi connectivity index (χ0n) is 9.63. The first-order chi connectivity index (χ1) is 7.04. The number of hydrogen-bond acceptors (Lipinski definition) is 1. The van der Waals surface area contributed by atoms with Gasteiger partial charge in [-0.1, -0.05) is 55.3 Å². The Balaban J connectivity index is 3.05. The highest BCUT2D eigenvalue weighted by Crippen LogP contribution is 2.35. The summed E-state index contributed by atoms with van der Waals surface area (Å²) in [5, 5.41) is 10.6. The van der Waals surface area contributed by atoms with Crippen molar-refractivity contribution in [2.45, 2.75) is 39.2 Å². The van der Waals surface area contributed by atoms with Crippen LogP contribution < -0.4 is 0 Å². The predicted octanol–water partition coefficient (Wildman–Crippen LogP) is 4.09. The lowest BCUT2D eigenvalue weighted by Gasteiger charge is -2.33. The van der Waals surface area contributed by atoms with E-state index in [-0.39, 0.29) is 5.92 Å². The molecule has 1 aromatic carbocycles. The van der Waals surface area contributed by atoms with Gasteiger partial charge in [-0.25, -0.2) is 0 Å². The molecule has 0 aromatic heterocycles. The molecule has 1 aromatic rings. The van der Waals surface area contributed by atoms with Gasteiger partial charge in [-0.3, -0.25) is 0 Å². The Labute approximate surface area is 101 Å². The summed E-state index contributed by atoms with van der Waals surface area (Å²) in [6.45, 7) is 6.25. The second-order valence-electron chi connectivity index (χ2n) is 4.09. The van der Waals surface area contributed by atoms with E-state index in [1.165, 1.54) is 0 Å². The van der Waals surface area contributed by atoms with Gasteiger partial charge in [0.2, 0.25) is 0 Å². The SMILES string of the molecule is CCC(C)C(O)(CC)c1ccc(Br)cc1. The zero-order valence-corrected chi connectivity index (χ0v) is 11.2. The van der Waals surface area contributed by atoms with Crippen molar-refractivity contribution < 1.29 is 5.11 Å². The zero-order chi connectivity index (χ0) is 11.5. The molecule has 2 unspecified atom stereocenters. The molecule has 0 fully saturated rings. The Bertz CT molecular complexity index is 307. The van der Waals surface area contributed by atoms with E-state index >= 15 is 0 Å². The number of halogens is 1. The van der Waals surface area contributed by atoms with Crippen molar-refractivity contribution in [1.82, 2.24) is 0 Å². The van der Waals surface area contributed by atoms with E-state index < -0.39 is 5.60 Å². The first kappa shape index (κ1) is 12.7. The molecular formula is C13H19BrO. The first-order valence-electron chi connectivity index (χ1n) is 5.53. The molecule has 0 saturated carbocycles. The molecule has 1 N–H and O–H groups in total. The minimum absolute atomic E-state index is 0.281. The fourth-order valence-electron chi connectivity index (χ4n) is 1.91. The van der Waals surface area contributed by atoms with Crippen LogP contribution >= 0.6 is 15.9 Å². The number of rotatable bonds is 4. The lowest BCUT2D eigenvalue weighted by atomic mass is 9.79. The van der Waals surface area contributed by atoms with Crippen LogP contribution in [0, 0.1) is 5.92 Å². The molecule has 2 atom stereocenters. The highest BCUT2D eigenvalue weighted by molar-refractivity contribution is 9.10. The molecule has 2 heteroatoms. The normalized spacial score (nSPS) is 17.1. The van der Waals surface area contributed by atoms with E-state index in [1.807, 2.05) is 31.2 Å². The van der Waals surface area contributed by atoms with Crippen molar-refractivity contribution >= 4 is 15.9 Å². The predicted molar refractivity (Wildman–Crippen MR) is 67.8 cm³/mol. The van der Waals surface area contributed by atoms with Gasteiger partial charge in [0, 0.05) is 4.47 Å². The third kappa shape index (κ3) is 2.61. The second-order valence-corrected chi connectivity index (χ2v) is 5.01. The molecule has 0 aliphatic rings. The van der Waals surface area contributed by atoms with Crippen LogP contribution in [0.25, 0.3) is 0 Å². The Kier molecular flexibility index (Phi) is 4.35. The van der Waals surface area contributed by atoms with Gasteiger partial charge in [0.25, 0.3) is 0 Å². The van der Waals surface area contributed by atoms with Gasteiger partial charge in [0.15, 0.2) is 0 Å². The number of hydrogen-bond donors (Lipinski definition) is 1. The molecule has 0 heterocycles. The molecule has 84 valence electrons. The van der Waals surface area contributed by atoms with Crippen LogP contribution in [0.4, 0.5) is 0 Å². The Morgan fingerprint density at radius 1 is 1.27 bits per heavy atom. The summed E-state index contributed by atoms with van der Waals surface area (Å²) in [7, 11) is 0. The third-order valence-electron chi connectivity index (χ3n) is 3.31. The highest BCUT2D eigenvalue weighted by Gasteiger charge is 2.32. The van der Waals surface area contributed by atoms with Gasteiger partial charge in [0.1, 0.15) is 0 Å². The van der Waals surface area contributed by atoms with Gasteiger partial charge < -0.3 is 5.11 Å². The summed E-state index contributed by atoms with van der Waals surface area (Å²) in [5.41, 5.74) is 0.331. The monoisotopic (exact) mass is 270 g/mol. The maximum Gasteiger partial charge on any atom is 0.0919 e. The fourth-order valence-corrected chi connectivity index (χ4v) is 2.18. The van der Waals surface area contributed by atoms with Crippen molar-refractivity contribution in [3.05, 3.63) is 34.3 Å². The Morgan fingerprint density at radius 2 is 1.80 bits per heavy atom. The van der Waals surface area contributed by atoms with Crippen LogP contribution in [0.15, 0.2) is 28.7 Å². The van der Waals surface area contributed by atoms with Crippen molar-refractivity contribution in [2.75, 3.05) is 0 Å². The molecule has 1 nitrogen and oxygen atoms in total.